The molecule has 3 nitrogen and oxygen atoms in total. The van der Waals surface area contributed by atoms with Crippen LogP contribution in [0.4, 0.5) is 5.69 Å². The first kappa shape index (κ1) is 21.9. The molecule has 2 N–H and O–H groups in total. The average molecular weight is 421 g/mol. The summed E-state index contributed by atoms with van der Waals surface area (Å²) in [6.45, 7) is 2.22. The van der Waals surface area contributed by atoms with Crippen LogP contribution in [0.15, 0.2) is 24.3 Å². The number of rotatable bonds is 10. The van der Waals surface area contributed by atoms with E-state index in [0.29, 0.717) is 18.5 Å². The highest BCUT2D eigenvalue weighted by Crippen LogP contribution is 2.39. The maximum absolute atomic E-state index is 12.2. The molecule has 0 bridgehead atoms. The molecule has 0 radical (unpaired) electrons. The number of amides is 1. The Kier molecular flexibility index (Phi) is 9.39. The average Bonchev–Trinajstić information content (AvgIpc) is 3.22. The minimum Gasteiger partial charge on any atom is -0.382 e. The van der Waals surface area contributed by atoms with Crippen molar-refractivity contribution in [3.05, 3.63) is 29.8 Å². The summed E-state index contributed by atoms with van der Waals surface area (Å²) in [5.41, 5.74) is 2.64. The third kappa shape index (κ3) is 7.55. The second kappa shape index (κ2) is 12.0. The molecule has 1 heterocycles. The first-order valence-corrected chi connectivity index (χ1v) is 13.5. The second-order valence-electron chi connectivity index (χ2n) is 8.28. The highest BCUT2D eigenvalue weighted by Gasteiger charge is 2.22. The summed E-state index contributed by atoms with van der Waals surface area (Å²) < 4.78 is 0. The molecular weight excluding hydrogens is 384 g/mol. The molecule has 1 aliphatic heterocycles. The zero-order valence-electron chi connectivity index (χ0n) is 17.3. The molecular formula is C23H36N2OS2. The van der Waals surface area contributed by atoms with E-state index in [9.17, 15) is 4.79 Å². The molecule has 3 rings (SSSR count). The minimum absolute atomic E-state index is 0.261. The van der Waals surface area contributed by atoms with Crippen LogP contribution in [0.5, 0.6) is 0 Å². The Morgan fingerprint density at radius 2 is 1.79 bits per heavy atom. The van der Waals surface area contributed by atoms with Crippen molar-refractivity contribution in [2.45, 2.75) is 94.9 Å². The molecule has 2 fully saturated rings. The largest absolute Gasteiger partial charge is 0.382 e. The van der Waals surface area contributed by atoms with Crippen LogP contribution in [0.2, 0.25) is 0 Å². The van der Waals surface area contributed by atoms with Gasteiger partial charge < -0.3 is 10.6 Å². The summed E-state index contributed by atoms with van der Waals surface area (Å²) in [6.07, 6.45) is 12.4. The SMILES string of the molecule is CCCc1ccc(NC2CCC(NC(=O)CCCCC3CCSS3)CC2)cc1. The van der Waals surface area contributed by atoms with Crippen molar-refractivity contribution < 1.29 is 4.79 Å². The van der Waals surface area contributed by atoms with Gasteiger partial charge >= 0.3 is 0 Å². The number of nitrogens with one attached hydrogen (secondary N) is 2. The van der Waals surface area contributed by atoms with Crippen LogP contribution in [0.3, 0.4) is 0 Å². The molecule has 1 unspecified atom stereocenters. The number of benzene rings is 1. The van der Waals surface area contributed by atoms with Crippen molar-refractivity contribution in [1.82, 2.24) is 5.32 Å². The monoisotopic (exact) mass is 420 g/mol. The summed E-state index contributed by atoms with van der Waals surface area (Å²) in [6, 6.07) is 9.80. The summed E-state index contributed by atoms with van der Waals surface area (Å²) in [5, 5.41) is 7.79. The Morgan fingerprint density at radius 3 is 2.46 bits per heavy atom. The van der Waals surface area contributed by atoms with E-state index in [4.69, 9.17) is 0 Å². The van der Waals surface area contributed by atoms with Gasteiger partial charge in [0.15, 0.2) is 0 Å². The van der Waals surface area contributed by atoms with E-state index in [0.717, 1.165) is 43.8 Å². The van der Waals surface area contributed by atoms with Gasteiger partial charge in [-0.25, -0.2) is 0 Å². The maximum atomic E-state index is 12.2. The Morgan fingerprint density at radius 1 is 1.04 bits per heavy atom. The molecule has 28 heavy (non-hydrogen) atoms. The fourth-order valence-corrected chi connectivity index (χ4v) is 7.22. The van der Waals surface area contributed by atoms with Gasteiger partial charge in [0.05, 0.1) is 0 Å². The first-order chi connectivity index (χ1) is 13.7. The van der Waals surface area contributed by atoms with Crippen LogP contribution >= 0.6 is 21.6 Å². The molecule has 0 spiro atoms. The smallest absolute Gasteiger partial charge is 0.220 e. The molecule has 1 aliphatic carbocycles. The standard InChI is InChI=1S/C23H36N2OS2/c1-2-5-18-8-10-19(11-9-18)24-20-12-14-21(15-13-20)25-23(26)7-4-3-6-22-16-17-27-28-22/h8-11,20-22,24H,2-7,12-17H2,1H3,(H,25,26). The third-order valence-corrected chi connectivity index (χ3v) is 8.87. The molecule has 2 aliphatic rings. The lowest BCUT2D eigenvalue weighted by Gasteiger charge is -2.30. The van der Waals surface area contributed by atoms with Crippen molar-refractivity contribution in [3.8, 4) is 0 Å². The molecule has 1 atom stereocenters. The Hall–Kier alpha value is -0.810. The number of aryl methyl sites for hydroxylation is 1. The maximum Gasteiger partial charge on any atom is 0.220 e. The Bertz CT molecular complexity index is 579. The van der Waals surface area contributed by atoms with Gasteiger partial charge in [0.1, 0.15) is 0 Å². The summed E-state index contributed by atoms with van der Waals surface area (Å²) in [5.74, 6) is 1.56. The normalized spacial score (nSPS) is 24.8. The second-order valence-corrected chi connectivity index (χ2v) is 11.1. The van der Waals surface area contributed by atoms with Crippen LogP contribution in [-0.2, 0) is 11.2 Å². The predicted molar refractivity (Wildman–Crippen MR) is 125 cm³/mol. The number of anilines is 1. The number of hydrogen-bond donors (Lipinski definition) is 2. The van der Waals surface area contributed by atoms with E-state index < -0.39 is 0 Å². The van der Waals surface area contributed by atoms with Gasteiger partial charge in [-0.3, -0.25) is 4.79 Å². The summed E-state index contributed by atoms with van der Waals surface area (Å²) in [4.78, 5) is 12.2. The molecule has 1 aromatic carbocycles. The van der Waals surface area contributed by atoms with Crippen LogP contribution < -0.4 is 10.6 Å². The number of unbranched alkanes of at least 4 members (excludes halogenated alkanes) is 1. The lowest BCUT2D eigenvalue weighted by molar-refractivity contribution is -0.122. The van der Waals surface area contributed by atoms with Gasteiger partial charge in [-0.15, -0.1) is 0 Å². The van der Waals surface area contributed by atoms with Crippen LogP contribution in [0.25, 0.3) is 0 Å². The van der Waals surface area contributed by atoms with Gasteiger partial charge in [0, 0.05) is 35.2 Å². The molecule has 156 valence electrons. The number of hydrogen-bond acceptors (Lipinski definition) is 4. The zero-order valence-corrected chi connectivity index (χ0v) is 18.9. The molecule has 1 aromatic rings. The van der Waals surface area contributed by atoms with Crippen molar-refractivity contribution >= 4 is 33.2 Å². The zero-order chi connectivity index (χ0) is 19.6. The molecule has 1 amide bonds. The van der Waals surface area contributed by atoms with E-state index in [-0.39, 0.29) is 5.91 Å². The van der Waals surface area contributed by atoms with E-state index in [2.05, 4.69) is 41.8 Å². The van der Waals surface area contributed by atoms with Crippen LogP contribution in [-0.4, -0.2) is 29.0 Å². The highest BCUT2D eigenvalue weighted by atomic mass is 33.1. The third-order valence-electron chi connectivity index (χ3n) is 5.86. The van der Waals surface area contributed by atoms with Crippen molar-refractivity contribution in [2.24, 2.45) is 0 Å². The lowest BCUT2D eigenvalue weighted by atomic mass is 9.90. The van der Waals surface area contributed by atoms with E-state index >= 15 is 0 Å². The highest BCUT2D eigenvalue weighted by molar-refractivity contribution is 8.77. The first-order valence-electron chi connectivity index (χ1n) is 11.2. The lowest BCUT2D eigenvalue weighted by Crippen LogP contribution is -2.40. The topological polar surface area (TPSA) is 41.1 Å². The van der Waals surface area contributed by atoms with E-state index in [1.165, 1.54) is 42.7 Å². The molecule has 1 saturated heterocycles. The van der Waals surface area contributed by atoms with Crippen molar-refractivity contribution in [2.75, 3.05) is 11.1 Å². The van der Waals surface area contributed by atoms with Crippen LogP contribution in [0, 0.1) is 0 Å². The van der Waals surface area contributed by atoms with Gasteiger partial charge in [-0.2, -0.15) is 0 Å². The number of carbonyl (C=O) groups is 1. The minimum atomic E-state index is 0.261. The number of carbonyl (C=O) groups excluding carboxylic acids is 1. The molecule has 1 saturated carbocycles. The van der Waals surface area contributed by atoms with Crippen LogP contribution in [0.1, 0.15) is 76.7 Å². The quantitative estimate of drug-likeness (QED) is 0.350. The van der Waals surface area contributed by atoms with Crippen molar-refractivity contribution in [3.63, 3.8) is 0 Å². The van der Waals surface area contributed by atoms with Gasteiger partial charge in [-0.1, -0.05) is 53.5 Å². The van der Waals surface area contributed by atoms with E-state index in [1.807, 2.05) is 21.6 Å². The van der Waals surface area contributed by atoms with E-state index in [1.54, 1.807) is 0 Å². The van der Waals surface area contributed by atoms with Gasteiger partial charge in [0.25, 0.3) is 0 Å². The molecule has 0 aromatic heterocycles. The van der Waals surface area contributed by atoms with Gasteiger partial charge in [0.2, 0.25) is 5.91 Å². The fourth-order valence-electron chi connectivity index (χ4n) is 4.20. The van der Waals surface area contributed by atoms with Gasteiger partial charge in [-0.05, 0) is 69.1 Å². The summed E-state index contributed by atoms with van der Waals surface area (Å²) in [7, 11) is 4.05. The fraction of sp³-hybridized carbons (Fsp3) is 0.696. The Labute approximate surface area is 179 Å². The summed E-state index contributed by atoms with van der Waals surface area (Å²) >= 11 is 0. The predicted octanol–water partition coefficient (Wildman–Crippen LogP) is 6.19. The van der Waals surface area contributed by atoms with Crippen molar-refractivity contribution in [1.29, 1.82) is 0 Å². The Balaban J connectivity index is 1.27. The molecule has 5 heteroatoms.